The van der Waals surface area contributed by atoms with Crippen LogP contribution >= 0.6 is 11.8 Å². The highest BCUT2D eigenvalue weighted by molar-refractivity contribution is 7.99. The number of hydrogen-bond donors (Lipinski definition) is 1. The molecule has 3 aromatic rings. The molecular weight excluding hydrogens is 400 g/mol. The molecule has 0 aliphatic heterocycles. The van der Waals surface area contributed by atoms with Gasteiger partial charge < -0.3 is 19.4 Å². The highest BCUT2D eigenvalue weighted by atomic mass is 32.2. The molecule has 0 fully saturated rings. The van der Waals surface area contributed by atoms with Crippen LogP contribution in [-0.2, 0) is 17.9 Å². The summed E-state index contributed by atoms with van der Waals surface area (Å²) in [5.41, 5.74) is 1.88. The summed E-state index contributed by atoms with van der Waals surface area (Å²) in [6.07, 6.45) is 0. The predicted molar refractivity (Wildman–Crippen MR) is 118 cm³/mol. The van der Waals surface area contributed by atoms with Crippen molar-refractivity contribution in [1.82, 2.24) is 14.8 Å². The first-order valence-corrected chi connectivity index (χ1v) is 10.8. The fourth-order valence-electron chi connectivity index (χ4n) is 2.84. The largest absolute Gasteiger partial charge is 0.490 e. The molecule has 0 atom stereocenters. The SMILES string of the molecule is CCOc1cc(C)ccc1OCc1nnc(SCC(=O)Nc2ccccc2)n1CC. The third-order valence-electron chi connectivity index (χ3n) is 4.26. The van der Waals surface area contributed by atoms with Gasteiger partial charge in [0.15, 0.2) is 22.5 Å². The number of nitrogens with zero attached hydrogens (tertiary/aromatic N) is 3. The van der Waals surface area contributed by atoms with E-state index >= 15 is 0 Å². The molecule has 0 aliphatic rings. The van der Waals surface area contributed by atoms with Crippen LogP contribution in [0.5, 0.6) is 11.5 Å². The van der Waals surface area contributed by atoms with Crippen LogP contribution in [0.4, 0.5) is 5.69 Å². The summed E-state index contributed by atoms with van der Waals surface area (Å²) >= 11 is 1.35. The third kappa shape index (κ3) is 5.76. The fraction of sp³-hybridized carbons (Fsp3) is 0.318. The Balaban J connectivity index is 1.61. The quantitative estimate of drug-likeness (QED) is 0.487. The van der Waals surface area contributed by atoms with E-state index in [-0.39, 0.29) is 18.3 Å². The molecule has 3 rings (SSSR count). The molecule has 0 radical (unpaired) electrons. The average molecular weight is 427 g/mol. The summed E-state index contributed by atoms with van der Waals surface area (Å²) in [5.74, 6) is 2.25. The van der Waals surface area contributed by atoms with E-state index in [0.717, 1.165) is 11.3 Å². The Morgan fingerprint density at radius 2 is 1.87 bits per heavy atom. The maximum absolute atomic E-state index is 12.2. The van der Waals surface area contributed by atoms with Gasteiger partial charge in [-0.1, -0.05) is 36.0 Å². The standard InChI is InChI=1S/C22H26N4O3S/c1-4-26-20(14-29-18-12-11-16(3)13-19(18)28-5-2)24-25-22(26)30-15-21(27)23-17-9-7-6-8-10-17/h6-13H,4-5,14-15H2,1-3H3,(H,23,27). The Morgan fingerprint density at radius 3 is 2.60 bits per heavy atom. The van der Waals surface area contributed by atoms with Crippen molar-refractivity contribution in [3.05, 3.63) is 59.9 Å². The van der Waals surface area contributed by atoms with Gasteiger partial charge in [0.05, 0.1) is 12.4 Å². The minimum atomic E-state index is -0.0873. The summed E-state index contributed by atoms with van der Waals surface area (Å²) in [5, 5.41) is 12.0. The van der Waals surface area contributed by atoms with E-state index in [1.54, 1.807) is 0 Å². The van der Waals surface area contributed by atoms with Crippen molar-refractivity contribution in [3.8, 4) is 11.5 Å². The monoisotopic (exact) mass is 426 g/mol. The van der Waals surface area contributed by atoms with Crippen LogP contribution in [0.25, 0.3) is 0 Å². The van der Waals surface area contributed by atoms with Crippen molar-refractivity contribution in [2.75, 3.05) is 17.7 Å². The number of aryl methyl sites for hydroxylation is 1. The van der Waals surface area contributed by atoms with E-state index in [0.29, 0.717) is 35.6 Å². The zero-order valence-corrected chi connectivity index (χ0v) is 18.2. The summed E-state index contributed by atoms with van der Waals surface area (Å²) < 4.78 is 13.6. The zero-order chi connectivity index (χ0) is 21.3. The highest BCUT2D eigenvalue weighted by Gasteiger charge is 2.15. The third-order valence-corrected chi connectivity index (χ3v) is 5.22. The molecule has 2 aromatic carbocycles. The number of aromatic nitrogens is 3. The molecule has 0 aliphatic carbocycles. The molecular formula is C22H26N4O3S. The van der Waals surface area contributed by atoms with E-state index in [2.05, 4.69) is 15.5 Å². The second kappa shape index (κ2) is 10.7. The molecule has 1 aromatic heterocycles. The summed E-state index contributed by atoms with van der Waals surface area (Å²) in [6.45, 7) is 7.48. The lowest BCUT2D eigenvalue weighted by Crippen LogP contribution is -2.14. The normalized spacial score (nSPS) is 10.6. The number of carbonyl (C=O) groups excluding carboxylic acids is 1. The number of amides is 1. The Bertz CT molecular complexity index is 976. The second-order valence-corrected chi connectivity index (χ2v) is 7.46. The van der Waals surface area contributed by atoms with E-state index < -0.39 is 0 Å². The van der Waals surface area contributed by atoms with Crippen LogP contribution in [0.3, 0.4) is 0 Å². The van der Waals surface area contributed by atoms with Crippen LogP contribution in [0.15, 0.2) is 53.7 Å². The van der Waals surface area contributed by atoms with Gasteiger partial charge in [0, 0.05) is 12.2 Å². The zero-order valence-electron chi connectivity index (χ0n) is 17.4. The number of rotatable bonds is 10. The lowest BCUT2D eigenvalue weighted by Gasteiger charge is -2.13. The van der Waals surface area contributed by atoms with Gasteiger partial charge in [-0.15, -0.1) is 10.2 Å². The van der Waals surface area contributed by atoms with Crippen molar-refractivity contribution >= 4 is 23.4 Å². The molecule has 158 valence electrons. The van der Waals surface area contributed by atoms with E-state index in [1.165, 1.54) is 11.8 Å². The minimum absolute atomic E-state index is 0.0873. The number of benzene rings is 2. The lowest BCUT2D eigenvalue weighted by atomic mass is 10.2. The molecule has 0 spiro atoms. The maximum atomic E-state index is 12.2. The number of hydrogen-bond acceptors (Lipinski definition) is 6. The number of ether oxygens (including phenoxy) is 2. The second-order valence-electron chi connectivity index (χ2n) is 6.52. The van der Waals surface area contributed by atoms with Gasteiger partial charge in [-0.25, -0.2) is 0 Å². The molecule has 8 heteroatoms. The van der Waals surface area contributed by atoms with E-state index in [4.69, 9.17) is 9.47 Å². The molecule has 30 heavy (non-hydrogen) atoms. The molecule has 7 nitrogen and oxygen atoms in total. The Hall–Kier alpha value is -3.00. The molecule has 1 N–H and O–H groups in total. The van der Waals surface area contributed by atoms with Crippen LogP contribution in [0, 0.1) is 6.92 Å². The molecule has 0 saturated heterocycles. The number of carbonyl (C=O) groups is 1. The van der Waals surface area contributed by atoms with Crippen LogP contribution < -0.4 is 14.8 Å². The lowest BCUT2D eigenvalue weighted by molar-refractivity contribution is -0.113. The van der Waals surface area contributed by atoms with Crippen molar-refractivity contribution in [2.45, 2.75) is 39.1 Å². The van der Waals surface area contributed by atoms with E-state index in [1.807, 2.05) is 73.9 Å². The van der Waals surface area contributed by atoms with Gasteiger partial charge in [-0.05, 0) is 50.6 Å². The summed E-state index contributed by atoms with van der Waals surface area (Å²) in [6, 6.07) is 15.2. The number of thioether (sulfide) groups is 1. The Morgan fingerprint density at radius 1 is 1.07 bits per heavy atom. The molecule has 0 saturated carbocycles. The van der Waals surface area contributed by atoms with Crippen LogP contribution in [0.2, 0.25) is 0 Å². The Kier molecular flexibility index (Phi) is 7.73. The number of nitrogens with one attached hydrogen (secondary N) is 1. The minimum Gasteiger partial charge on any atom is -0.490 e. The highest BCUT2D eigenvalue weighted by Crippen LogP contribution is 2.29. The predicted octanol–water partition coefficient (Wildman–Crippen LogP) is 4.31. The number of anilines is 1. The van der Waals surface area contributed by atoms with Crippen molar-refractivity contribution in [1.29, 1.82) is 0 Å². The smallest absolute Gasteiger partial charge is 0.234 e. The number of para-hydroxylation sites is 1. The van der Waals surface area contributed by atoms with Crippen LogP contribution in [-0.4, -0.2) is 33.0 Å². The first kappa shape index (κ1) is 21.7. The van der Waals surface area contributed by atoms with Gasteiger partial charge in [0.1, 0.15) is 6.61 Å². The van der Waals surface area contributed by atoms with Crippen LogP contribution in [0.1, 0.15) is 25.2 Å². The molecule has 1 amide bonds. The van der Waals surface area contributed by atoms with Gasteiger partial charge >= 0.3 is 0 Å². The fourth-order valence-corrected chi connectivity index (χ4v) is 3.67. The average Bonchev–Trinajstić information content (AvgIpc) is 3.14. The van der Waals surface area contributed by atoms with Crippen molar-refractivity contribution in [3.63, 3.8) is 0 Å². The molecule has 1 heterocycles. The van der Waals surface area contributed by atoms with Crippen molar-refractivity contribution < 1.29 is 14.3 Å². The summed E-state index contributed by atoms with van der Waals surface area (Å²) in [4.78, 5) is 12.2. The first-order valence-electron chi connectivity index (χ1n) is 9.86. The van der Waals surface area contributed by atoms with Crippen molar-refractivity contribution in [2.24, 2.45) is 0 Å². The topological polar surface area (TPSA) is 78.3 Å². The van der Waals surface area contributed by atoms with E-state index in [9.17, 15) is 4.79 Å². The molecule has 0 bridgehead atoms. The van der Waals surface area contributed by atoms with Gasteiger partial charge in [-0.2, -0.15) is 0 Å². The maximum Gasteiger partial charge on any atom is 0.234 e. The van der Waals surface area contributed by atoms with Gasteiger partial charge in [-0.3, -0.25) is 4.79 Å². The Labute approximate surface area is 180 Å². The molecule has 0 unspecified atom stereocenters. The van der Waals surface area contributed by atoms with Gasteiger partial charge in [0.2, 0.25) is 5.91 Å². The summed E-state index contributed by atoms with van der Waals surface area (Å²) in [7, 11) is 0. The van der Waals surface area contributed by atoms with Gasteiger partial charge in [0.25, 0.3) is 0 Å². The first-order chi connectivity index (χ1) is 14.6.